The van der Waals surface area contributed by atoms with Crippen molar-refractivity contribution in [2.75, 3.05) is 6.61 Å². The Morgan fingerprint density at radius 1 is 0.298 bits per heavy atom. The van der Waals surface area contributed by atoms with E-state index in [1.54, 1.807) is 6.08 Å². The van der Waals surface area contributed by atoms with Gasteiger partial charge < -0.3 is 15.5 Å². The molecule has 84 heavy (non-hydrogen) atoms. The van der Waals surface area contributed by atoms with E-state index in [9.17, 15) is 15.0 Å². The van der Waals surface area contributed by atoms with Gasteiger partial charge in [0.15, 0.2) is 0 Å². The maximum Gasteiger partial charge on any atom is 0.220 e. The highest BCUT2D eigenvalue weighted by Crippen LogP contribution is 2.18. The number of aliphatic hydroxyl groups excluding tert-OH is 2. The van der Waals surface area contributed by atoms with Crippen LogP contribution in [0.25, 0.3) is 0 Å². The average Bonchev–Trinajstić information content (AvgIpc) is 3.51. The summed E-state index contributed by atoms with van der Waals surface area (Å²) < 4.78 is 0. The Labute approximate surface area is 523 Å². The minimum absolute atomic E-state index is 0.0784. The predicted molar refractivity (Wildman–Crippen MR) is 377 cm³/mol. The van der Waals surface area contributed by atoms with Crippen LogP contribution in [-0.2, 0) is 4.79 Å². The highest BCUT2D eigenvalue weighted by atomic mass is 16.3. The van der Waals surface area contributed by atoms with E-state index >= 15 is 0 Å². The summed E-state index contributed by atoms with van der Waals surface area (Å²) in [5, 5.41) is 23.3. The molecule has 0 aromatic carbocycles. The summed E-state index contributed by atoms with van der Waals surface area (Å²) in [6, 6.07) is -0.652. The van der Waals surface area contributed by atoms with E-state index in [1.807, 2.05) is 6.08 Å². The fourth-order valence-corrected chi connectivity index (χ4v) is 10.7. The molecular weight excluding hydrogens is 1020 g/mol. The van der Waals surface area contributed by atoms with Gasteiger partial charge in [-0.2, -0.15) is 0 Å². The lowest BCUT2D eigenvalue weighted by atomic mass is 10.0. The van der Waals surface area contributed by atoms with E-state index in [0.29, 0.717) is 6.42 Å². The van der Waals surface area contributed by atoms with Gasteiger partial charge in [0, 0.05) is 6.42 Å². The van der Waals surface area contributed by atoms with Crippen molar-refractivity contribution in [3.05, 3.63) is 134 Å². The Kier molecular flexibility index (Phi) is 70.7. The topological polar surface area (TPSA) is 69.6 Å². The van der Waals surface area contributed by atoms with E-state index in [0.717, 1.165) is 89.9 Å². The minimum Gasteiger partial charge on any atom is -0.394 e. The zero-order valence-corrected chi connectivity index (χ0v) is 55.6. The van der Waals surface area contributed by atoms with E-state index in [1.165, 1.54) is 238 Å². The molecule has 0 saturated heterocycles. The maximum atomic E-state index is 12.5. The Bertz CT molecular complexity index is 1650. The Morgan fingerprint density at radius 2 is 0.536 bits per heavy atom. The van der Waals surface area contributed by atoms with Crippen LogP contribution in [0.1, 0.15) is 348 Å². The summed E-state index contributed by atoms with van der Waals surface area (Å²) >= 11 is 0. The molecular formula is C80H139NO3. The molecule has 0 radical (unpaired) electrons. The highest BCUT2D eigenvalue weighted by molar-refractivity contribution is 5.76. The number of unbranched alkanes of at least 4 members (excludes halogenated alkanes) is 39. The highest BCUT2D eigenvalue weighted by Gasteiger charge is 2.18. The Balaban J connectivity index is 3.55. The lowest BCUT2D eigenvalue weighted by Crippen LogP contribution is -2.45. The molecule has 4 heteroatoms. The number of amides is 1. The summed E-state index contributed by atoms with van der Waals surface area (Å²) in [5.41, 5.74) is 0. The monoisotopic (exact) mass is 1160 g/mol. The molecule has 3 N–H and O–H groups in total. The van der Waals surface area contributed by atoms with E-state index in [4.69, 9.17) is 0 Å². The van der Waals surface area contributed by atoms with Gasteiger partial charge in [0.05, 0.1) is 18.8 Å². The van der Waals surface area contributed by atoms with E-state index < -0.39 is 12.1 Å². The summed E-state index contributed by atoms with van der Waals surface area (Å²) in [5.74, 6) is -0.0784. The van der Waals surface area contributed by atoms with Gasteiger partial charge in [-0.3, -0.25) is 4.79 Å². The second-order valence-electron chi connectivity index (χ2n) is 24.3. The number of hydrogen-bond acceptors (Lipinski definition) is 3. The van der Waals surface area contributed by atoms with Crippen molar-refractivity contribution in [1.29, 1.82) is 0 Å². The first-order valence-corrected chi connectivity index (χ1v) is 36.4. The van der Waals surface area contributed by atoms with Gasteiger partial charge in [-0.05, 0) is 103 Å². The third-order valence-corrected chi connectivity index (χ3v) is 16.1. The largest absolute Gasteiger partial charge is 0.394 e. The van der Waals surface area contributed by atoms with Crippen molar-refractivity contribution >= 4 is 5.91 Å². The van der Waals surface area contributed by atoms with Crippen molar-refractivity contribution in [3.63, 3.8) is 0 Å². The Morgan fingerprint density at radius 3 is 0.833 bits per heavy atom. The third-order valence-electron chi connectivity index (χ3n) is 16.1. The molecule has 0 spiro atoms. The SMILES string of the molecule is CC/C=C\C/C=C\C/C=C\C/C=C\C/C=C\C/C=C\C/C=C\C/C=C\C/C=C\CCCCCCCCCCCCCC(=O)NC(CO)C(O)/C=C/CC/C=C/CCCCCCCCCCCCCCCCCCCCCCCCCCCCC. The number of nitrogens with one attached hydrogen (secondary N) is 1. The van der Waals surface area contributed by atoms with Crippen LogP contribution in [0.15, 0.2) is 134 Å². The second-order valence-corrected chi connectivity index (χ2v) is 24.3. The molecule has 0 aromatic rings. The zero-order chi connectivity index (χ0) is 60.5. The first-order chi connectivity index (χ1) is 41.7. The fraction of sp³-hybridized carbons (Fsp3) is 0.713. The standard InChI is InChI=1S/C80H139NO3/c1-3-5-7-9-11-13-15-17-19-21-23-25-27-29-31-33-35-37-38-39-40-41-42-44-46-48-50-52-54-56-58-60-62-64-66-68-70-72-74-76-80(84)81-78(77-82)79(83)75-73-71-69-67-65-63-61-59-57-55-53-51-49-47-45-43-36-34-32-30-28-26-24-22-20-18-16-14-12-10-8-6-4-2/h5,7,11,13,17,19,23,25,29,31,35,37,39-40,42,44,48,50,65,67,73,75,78-79,82-83H,3-4,6,8-10,12,14-16,18,20-22,24,26-28,30,32-34,36,38,41,43,45-47,49,51-64,66,68-72,74,76-77H2,1-2H3,(H,81,84)/b7-5-,13-11-,19-17-,25-23-,31-29-,37-35-,40-39-,44-42-,50-48-,67-65+,75-73+. The van der Waals surface area contributed by atoms with Gasteiger partial charge >= 0.3 is 0 Å². The quantitative estimate of drug-likeness (QED) is 0.0420. The van der Waals surface area contributed by atoms with Crippen LogP contribution in [-0.4, -0.2) is 34.9 Å². The van der Waals surface area contributed by atoms with Gasteiger partial charge in [0.25, 0.3) is 0 Å². The molecule has 0 fully saturated rings. The molecule has 0 aromatic heterocycles. The molecule has 1 amide bonds. The van der Waals surface area contributed by atoms with Crippen LogP contribution in [0.4, 0.5) is 0 Å². The molecule has 0 heterocycles. The van der Waals surface area contributed by atoms with Crippen LogP contribution in [0.2, 0.25) is 0 Å². The normalized spacial score (nSPS) is 13.5. The van der Waals surface area contributed by atoms with Crippen LogP contribution in [0, 0.1) is 0 Å². The molecule has 0 aliphatic heterocycles. The number of hydrogen-bond donors (Lipinski definition) is 3. The van der Waals surface area contributed by atoms with Crippen LogP contribution >= 0.6 is 0 Å². The van der Waals surface area contributed by atoms with Crippen LogP contribution in [0.3, 0.4) is 0 Å². The van der Waals surface area contributed by atoms with Gasteiger partial charge in [-0.1, -0.05) is 372 Å². The zero-order valence-electron chi connectivity index (χ0n) is 55.6. The smallest absolute Gasteiger partial charge is 0.220 e. The first kappa shape index (κ1) is 80.5. The molecule has 0 aliphatic rings. The van der Waals surface area contributed by atoms with Crippen molar-refractivity contribution in [2.45, 2.75) is 360 Å². The third kappa shape index (κ3) is 69.3. The number of carbonyl (C=O) groups is 1. The Hall–Kier alpha value is -3.47. The summed E-state index contributed by atoms with van der Waals surface area (Å²) in [4.78, 5) is 12.5. The number of aliphatic hydroxyl groups is 2. The van der Waals surface area contributed by atoms with Gasteiger partial charge in [0.2, 0.25) is 5.91 Å². The number of carbonyl (C=O) groups excluding carboxylic acids is 1. The lowest BCUT2D eigenvalue weighted by Gasteiger charge is -2.19. The van der Waals surface area contributed by atoms with Crippen molar-refractivity contribution in [2.24, 2.45) is 0 Å². The van der Waals surface area contributed by atoms with E-state index in [2.05, 4.69) is 141 Å². The van der Waals surface area contributed by atoms with Crippen molar-refractivity contribution in [3.8, 4) is 0 Å². The van der Waals surface area contributed by atoms with Gasteiger partial charge in [-0.15, -0.1) is 0 Å². The summed E-state index contributed by atoms with van der Waals surface area (Å²) in [7, 11) is 0. The van der Waals surface area contributed by atoms with Crippen molar-refractivity contribution < 1.29 is 15.0 Å². The molecule has 0 bridgehead atoms. The minimum atomic E-state index is -0.874. The van der Waals surface area contributed by atoms with Gasteiger partial charge in [0.1, 0.15) is 0 Å². The molecule has 482 valence electrons. The predicted octanol–water partition coefficient (Wildman–Crippen LogP) is 25.3. The number of rotatable bonds is 66. The number of allylic oxidation sites excluding steroid dienone is 21. The van der Waals surface area contributed by atoms with Crippen LogP contribution in [0.5, 0.6) is 0 Å². The maximum absolute atomic E-state index is 12.5. The van der Waals surface area contributed by atoms with E-state index in [-0.39, 0.29) is 12.5 Å². The lowest BCUT2D eigenvalue weighted by molar-refractivity contribution is -0.123. The summed E-state index contributed by atoms with van der Waals surface area (Å²) in [6.45, 7) is 4.21. The molecule has 4 nitrogen and oxygen atoms in total. The van der Waals surface area contributed by atoms with Gasteiger partial charge in [-0.25, -0.2) is 0 Å². The first-order valence-electron chi connectivity index (χ1n) is 36.4. The molecule has 0 aliphatic carbocycles. The van der Waals surface area contributed by atoms with Crippen molar-refractivity contribution in [1.82, 2.24) is 5.32 Å². The molecule has 0 saturated carbocycles. The molecule has 2 unspecified atom stereocenters. The second kappa shape index (κ2) is 73.8. The van der Waals surface area contributed by atoms with Crippen LogP contribution < -0.4 is 5.32 Å². The fourth-order valence-electron chi connectivity index (χ4n) is 10.7. The molecule has 0 rings (SSSR count). The summed E-state index contributed by atoms with van der Waals surface area (Å²) in [6.07, 6.45) is 114. The average molecular weight is 1160 g/mol. The molecule has 2 atom stereocenters.